The van der Waals surface area contributed by atoms with Crippen molar-refractivity contribution in [3.05, 3.63) is 54.5 Å². The largest absolute Gasteiger partial charge is 0.465 e. The number of rotatable bonds is 6. The Morgan fingerprint density at radius 3 is 2.74 bits per heavy atom. The first kappa shape index (κ1) is 16.9. The van der Waals surface area contributed by atoms with Crippen LogP contribution in [0.1, 0.15) is 5.76 Å². The van der Waals surface area contributed by atoms with Gasteiger partial charge in [-0.3, -0.25) is 9.59 Å². The maximum atomic E-state index is 12.1. The zero-order valence-electron chi connectivity index (χ0n) is 13.0. The molecule has 0 fully saturated rings. The van der Waals surface area contributed by atoms with Gasteiger partial charge in [0.15, 0.2) is 0 Å². The molecule has 0 aliphatic carbocycles. The summed E-state index contributed by atoms with van der Waals surface area (Å²) in [5.41, 5.74) is 0.747. The van der Waals surface area contributed by atoms with Gasteiger partial charge in [-0.2, -0.15) is 0 Å². The number of benzene rings is 1. The summed E-state index contributed by atoms with van der Waals surface area (Å²) in [4.78, 5) is 26.4. The van der Waals surface area contributed by atoms with Gasteiger partial charge in [0.25, 0.3) is 0 Å². The first-order valence-electron chi connectivity index (χ1n) is 6.99. The molecule has 120 valence electrons. The van der Waals surface area contributed by atoms with Crippen molar-refractivity contribution in [2.75, 3.05) is 25.2 Å². The van der Waals surface area contributed by atoms with Crippen molar-refractivity contribution >= 4 is 35.3 Å². The molecule has 0 saturated heterocycles. The number of likely N-dealkylation sites (N-methyl/N-ethyl adjacent to an activating group) is 1. The van der Waals surface area contributed by atoms with Crippen LogP contribution in [0.4, 0.5) is 5.69 Å². The Kier molecular flexibility index (Phi) is 6.05. The van der Waals surface area contributed by atoms with Crippen molar-refractivity contribution in [1.82, 2.24) is 4.90 Å². The van der Waals surface area contributed by atoms with E-state index in [1.54, 1.807) is 37.0 Å². The number of carbonyl (C=O) groups excluding carboxylic acids is 2. The molecule has 1 aromatic heterocycles. The number of amides is 2. The molecule has 0 atom stereocenters. The summed E-state index contributed by atoms with van der Waals surface area (Å²) in [6.07, 6.45) is 6.42. The van der Waals surface area contributed by atoms with E-state index in [0.717, 1.165) is 10.6 Å². The second-order valence-corrected chi connectivity index (χ2v) is 5.64. The van der Waals surface area contributed by atoms with E-state index in [1.165, 1.54) is 17.2 Å². The predicted octanol–water partition coefficient (Wildman–Crippen LogP) is 3.11. The smallest absolute Gasteiger partial charge is 0.246 e. The first-order chi connectivity index (χ1) is 11.1. The highest BCUT2D eigenvalue weighted by Crippen LogP contribution is 2.24. The number of nitrogens with one attached hydrogen (secondary N) is 1. The molecule has 0 radical (unpaired) electrons. The third-order valence-electron chi connectivity index (χ3n) is 3.07. The molecule has 0 aliphatic heterocycles. The molecule has 0 bridgehead atoms. The molecule has 6 heteroatoms. The van der Waals surface area contributed by atoms with Crippen molar-refractivity contribution in [2.45, 2.75) is 4.90 Å². The van der Waals surface area contributed by atoms with E-state index in [9.17, 15) is 9.59 Å². The molecule has 2 aromatic rings. The first-order valence-corrected chi connectivity index (χ1v) is 8.22. The summed E-state index contributed by atoms with van der Waals surface area (Å²) in [6.45, 7) is -0.0238. The van der Waals surface area contributed by atoms with Crippen LogP contribution in [0.2, 0.25) is 0 Å². The predicted molar refractivity (Wildman–Crippen MR) is 92.2 cm³/mol. The van der Waals surface area contributed by atoms with Crippen LogP contribution in [0.3, 0.4) is 0 Å². The number of thioether (sulfide) groups is 1. The lowest BCUT2D eigenvalue weighted by molar-refractivity contribution is -0.129. The van der Waals surface area contributed by atoms with Gasteiger partial charge < -0.3 is 14.6 Å². The Morgan fingerprint density at radius 2 is 2.04 bits per heavy atom. The molecular weight excluding hydrogens is 312 g/mol. The van der Waals surface area contributed by atoms with Gasteiger partial charge in [0.2, 0.25) is 11.8 Å². The number of para-hydroxylation sites is 1. The summed E-state index contributed by atoms with van der Waals surface area (Å²) in [5.74, 6) is 0.0774. The SMILES string of the molecule is CSc1ccccc1NC(=O)CN(C)C(=O)C=Cc1ccco1. The Morgan fingerprint density at radius 1 is 1.26 bits per heavy atom. The molecule has 0 aliphatic rings. The Bertz CT molecular complexity index is 696. The third kappa shape index (κ3) is 5.03. The van der Waals surface area contributed by atoms with Gasteiger partial charge in [-0.05, 0) is 36.6 Å². The van der Waals surface area contributed by atoms with E-state index in [0.29, 0.717) is 5.76 Å². The van der Waals surface area contributed by atoms with Crippen LogP contribution in [-0.4, -0.2) is 36.6 Å². The van der Waals surface area contributed by atoms with Crippen molar-refractivity contribution in [3.8, 4) is 0 Å². The van der Waals surface area contributed by atoms with Gasteiger partial charge in [-0.15, -0.1) is 11.8 Å². The van der Waals surface area contributed by atoms with Gasteiger partial charge in [0.1, 0.15) is 5.76 Å². The van der Waals surface area contributed by atoms with Crippen LogP contribution in [-0.2, 0) is 9.59 Å². The molecule has 1 N–H and O–H groups in total. The molecule has 1 aromatic carbocycles. The van der Waals surface area contributed by atoms with E-state index >= 15 is 0 Å². The number of nitrogens with zero attached hydrogens (tertiary/aromatic N) is 1. The second-order valence-electron chi connectivity index (χ2n) is 4.79. The lowest BCUT2D eigenvalue weighted by Gasteiger charge is -2.15. The fraction of sp³-hybridized carbons (Fsp3) is 0.176. The minimum atomic E-state index is -0.269. The molecule has 2 rings (SSSR count). The second kappa shape index (κ2) is 8.24. The molecular formula is C17H18N2O3S. The summed E-state index contributed by atoms with van der Waals surface area (Å²) in [6, 6.07) is 11.0. The lowest BCUT2D eigenvalue weighted by atomic mass is 10.3. The zero-order valence-corrected chi connectivity index (χ0v) is 13.8. The molecule has 1 heterocycles. The van der Waals surface area contributed by atoms with Crippen molar-refractivity contribution in [3.63, 3.8) is 0 Å². The number of hydrogen-bond donors (Lipinski definition) is 1. The number of furan rings is 1. The lowest BCUT2D eigenvalue weighted by Crippen LogP contribution is -2.33. The molecule has 2 amide bonds. The average Bonchev–Trinajstić information content (AvgIpc) is 3.06. The van der Waals surface area contributed by atoms with Crippen LogP contribution in [0, 0.1) is 0 Å². The van der Waals surface area contributed by atoms with E-state index in [1.807, 2.05) is 30.5 Å². The maximum absolute atomic E-state index is 12.1. The highest BCUT2D eigenvalue weighted by Gasteiger charge is 2.12. The maximum Gasteiger partial charge on any atom is 0.246 e. The Labute approximate surface area is 139 Å². The van der Waals surface area contributed by atoms with Crippen molar-refractivity contribution in [1.29, 1.82) is 0 Å². The van der Waals surface area contributed by atoms with Gasteiger partial charge in [0, 0.05) is 18.0 Å². The normalized spacial score (nSPS) is 10.7. The summed E-state index contributed by atoms with van der Waals surface area (Å²) in [7, 11) is 1.58. The monoisotopic (exact) mass is 330 g/mol. The minimum Gasteiger partial charge on any atom is -0.465 e. The van der Waals surface area contributed by atoms with Gasteiger partial charge in [-0.25, -0.2) is 0 Å². The summed E-state index contributed by atoms with van der Waals surface area (Å²) in [5, 5.41) is 2.82. The van der Waals surface area contributed by atoms with Crippen LogP contribution in [0.25, 0.3) is 6.08 Å². The number of carbonyl (C=O) groups is 2. The number of anilines is 1. The van der Waals surface area contributed by atoms with E-state index in [-0.39, 0.29) is 18.4 Å². The fourth-order valence-corrected chi connectivity index (χ4v) is 2.45. The fourth-order valence-electron chi connectivity index (χ4n) is 1.90. The average molecular weight is 330 g/mol. The Hall–Kier alpha value is -2.47. The topological polar surface area (TPSA) is 62.6 Å². The van der Waals surface area contributed by atoms with E-state index in [4.69, 9.17) is 4.42 Å². The van der Waals surface area contributed by atoms with Gasteiger partial charge in [0.05, 0.1) is 18.5 Å². The standard InChI is InChI=1S/C17H18N2O3S/c1-19(17(21)10-9-13-6-5-11-22-13)12-16(20)18-14-7-3-4-8-15(14)23-2/h3-11H,12H2,1-2H3,(H,18,20). The van der Waals surface area contributed by atoms with Crippen molar-refractivity contribution in [2.24, 2.45) is 0 Å². The number of hydrogen-bond acceptors (Lipinski definition) is 4. The van der Waals surface area contributed by atoms with Crippen LogP contribution < -0.4 is 5.32 Å². The van der Waals surface area contributed by atoms with Gasteiger partial charge >= 0.3 is 0 Å². The summed E-state index contributed by atoms with van der Waals surface area (Å²) < 4.78 is 5.11. The molecule has 5 nitrogen and oxygen atoms in total. The molecule has 23 heavy (non-hydrogen) atoms. The molecule has 0 unspecified atom stereocenters. The van der Waals surface area contributed by atoms with Crippen LogP contribution in [0.5, 0.6) is 0 Å². The van der Waals surface area contributed by atoms with Crippen LogP contribution in [0.15, 0.2) is 58.1 Å². The van der Waals surface area contributed by atoms with E-state index < -0.39 is 0 Å². The van der Waals surface area contributed by atoms with Gasteiger partial charge in [-0.1, -0.05) is 12.1 Å². The van der Waals surface area contributed by atoms with E-state index in [2.05, 4.69) is 5.32 Å². The third-order valence-corrected chi connectivity index (χ3v) is 3.87. The highest BCUT2D eigenvalue weighted by molar-refractivity contribution is 7.98. The molecule has 0 saturated carbocycles. The highest BCUT2D eigenvalue weighted by atomic mass is 32.2. The zero-order chi connectivity index (χ0) is 16.7. The minimum absolute atomic E-state index is 0.0238. The Balaban J connectivity index is 1.90. The summed E-state index contributed by atoms with van der Waals surface area (Å²) >= 11 is 1.55. The quantitative estimate of drug-likeness (QED) is 0.653. The van der Waals surface area contributed by atoms with Crippen LogP contribution >= 0.6 is 11.8 Å². The molecule has 0 spiro atoms. The van der Waals surface area contributed by atoms with Crippen molar-refractivity contribution < 1.29 is 14.0 Å².